The Balaban J connectivity index is -0.000000108. The van der Waals surface area contributed by atoms with Crippen LogP contribution < -0.4 is 14.7 Å². The van der Waals surface area contributed by atoms with Gasteiger partial charge in [0.15, 0.2) is 15.5 Å². The summed E-state index contributed by atoms with van der Waals surface area (Å²) in [5.41, 5.74) is 0. The zero-order chi connectivity index (χ0) is 18.2. The summed E-state index contributed by atoms with van der Waals surface area (Å²) in [6.45, 7) is 15.0. The van der Waals surface area contributed by atoms with Gasteiger partial charge in [-0.25, -0.2) is 0 Å². The monoisotopic (exact) mass is 387 g/mol. The fraction of sp³-hybridized carbons (Fsp3) is 1.00. The van der Waals surface area contributed by atoms with E-state index in [1.807, 2.05) is 0 Å². The van der Waals surface area contributed by atoms with Crippen LogP contribution in [0.1, 0.15) is 62.3 Å². The van der Waals surface area contributed by atoms with Crippen LogP contribution >= 0.6 is 24.1 Å². The summed E-state index contributed by atoms with van der Waals surface area (Å²) >= 11 is 0. The summed E-state index contributed by atoms with van der Waals surface area (Å²) in [7, 11) is -6.72. The molecule has 126 valence electrons. The van der Waals surface area contributed by atoms with E-state index in [2.05, 4.69) is 0 Å². The van der Waals surface area contributed by atoms with Crippen LogP contribution in [0.5, 0.6) is 0 Å². The van der Waals surface area contributed by atoms with E-state index in [1.165, 1.54) is 0 Å². The minimum Gasteiger partial charge on any atom is -0.595 e. The van der Waals surface area contributed by atoms with E-state index < -0.39 is 39.6 Å². The summed E-state index contributed by atoms with van der Waals surface area (Å²) < 4.78 is 30.2. The summed E-state index contributed by atoms with van der Waals surface area (Å²) in [5.74, 6) is 0. The third kappa shape index (κ3) is 23.0. The molecule has 0 aromatic rings. The molecule has 0 N–H and O–H groups in total. The van der Waals surface area contributed by atoms with E-state index >= 15 is 0 Å². The van der Waals surface area contributed by atoms with E-state index in [9.17, 15) is 28.4 Å². The first-order chi connectivity index (χ1) is 8.83. The molecule has 0 aromatic carbocycles. The molecule has 0 aliphatic rings. The van der Waals surface area contributed by atoms with Crippen LogP contribution in [0.2, 0.25) is 0 Å². The molecule has 0 aromatic heterocycles. The molecular formula is C12H27AlO6P3+3. The maximum absolute atomic E-state index is 10.1. The van der Waals surface area contributed by atoms with Crippen LogP contribution in [0.4, 0.5) is 0 Å². The maximum atomic E-state index is 10.1. The molecular weight excluding hydrogens is 360 g/mol. The molecule has 0 rings (SSSR count). The van der Waals surface area contributed by atoms with Crippen LogP contribution in [0, 0.1) is 0 Å². The fourth-order valence-corrected chi connectivity index (χ4v) is 0. The Hall–Kier alpha value is 0.712. The van der Waals surface area contributed by atoms with Gasteiger partial charge in [-0.15, -0.1) is 0 Å². The van der Waals surface area contributed by atoms with Gasteiger partial charge in [-0.05, 0) is 62.3 Å². The predicted molar refractivity (Wildman–Crippen MR) is 87.8 cm³/mol. The average Bonchev–Trinajstić information content (AvgIpc) is 2.14. The summed E-state index contributed by atoms with van der Waals surface area (Å²) in [4.78, 5) is 30.2. The Bertz CT molecular complexity index is 309. The molecule has 0 saturated heterocycles. The van der Waals surface area contributed by atoms with Crippen molar-refractivity contribution in [1.82, 2.24) is 0 Å². The van der Waals surface area contributed by atoms with Gasteiger partial charge >= 0.3 is 41.4 Å². The van der Waals surface area contributed by atoms with Crippen molar-refractivity contribution in [3.8, 4) is 0 Å². The molecule has 3 atom stereocenters. The van der Waals surface area contributed by atoms with Gasteiger partial charge in [0.1, 0.15) is 0 Å². The van der Waals surface area contributed by atoms with Crippen LogP contribution in [-0.4, -0.2) is 32.8 Å². The van der Waals surface area contributed by atoms with Crippen LogP contribution in [0.25, 0.3) is 0 Å². The number of hydrogen-bond donors (Lipinski definition) is 0. The van der Waals surface area contributed by atoms with Crippen molar-refractivity contribution < 1.29 is 28.4 Å². The second-order valence-corrected chi connectivity index (χ2v) is 12.9. The average molecular weight is 387 g/mol. The second kappa shape index (κ2) is 12.1. The second-order valence-electron chi connectivity index (χ2n) is 7.28. The molecule has 3 unspecified atom stereocenters. The largest absolute Gasteiger partial charge is 3.00 e. The van der Waals surface area contributed by atoms with Crippen molar-refractivity contribution in [2.24, 2.45) is 0 Å². The van der Waals surface area contributed by atoms with E-state index in [4.69, 9.17) is 0 Å². The van der Waals surface area contributed by atoms with Crippen molar-refractivity contribution >= 4 is 41.4 Å². The van der Waals surface area contributed by atoms with Gasteiger partial charge in [-0.2, -0.15) is 0 Å². The predicted octanol–water partition coefficient (Wildman–Crippen LogP) is 2.28. The molecule has 0 aliphatic carbocycles. The first-order valence-corrected chi connectivity index (χ1v) is 9.80. The molecule has 10 heteroatoms. The molecule has 0 radical (unpaired) electrons. The third-order valence-corrected chi connectivity index (χ3v) is 4.93. The zero-order valence-electron chi connectivity index (χ0n) is 14.9. The molecule has 0 saturated carbocycles. The SMILES string of the molecule is CC(C)(C)[P+](=O)[O-].CC(C)(C)[P+](=O)[O-].CC(C)(C)[P+](=O)[O-].[Al+3]. The van der Waals surface area contributed by atoms with Crippen LogP contribution in [0.15, 0.2) is 0 Å². The third-order valence-electron chi connectivity index (χ3n) is 1.64. The van der Waals surface area contributed by atoms with Crippen LogP contribution in [0.3, 0.4) is 0 Å². The van der Waals surface area contributed by atoms with Gasteiger partial charge < -0.3 is 14.7 Å². The molecule has 0 heterocycles. The number of rotatable bonds is 0. The van der Waals surface area contributed by atoms with Crippen molar-refractivity contribution in [2.45, 2.75) is 77.8 Å². The van der Waals surface area contributed by atoms with E-state index in [1.54, 1.807) is 62.3 Å². The van der Waals surface area contributed by atoms with Crippen molar-refractivity contribution in [3.05, 3.63) is 0 Å². The van der Waals surface area contributed by atoms with Gasteiger partial charge in [0.05, 0.1) is 0 Å². The van der Waals surface area contributed by atoms with Gasteiger partial charge in [0.25, 0.3) is 0 Å². The van der Waals surface area contributed by atoms with E-state index in [-0.39, 0.29) is 17.4 Å². The Morgan fingerprint density at radius 3 is 0.545 bits per heavy atom. The van der Waals surface area contributed by atoms with E-state index in [0.29, 0.717) is 0 Å². The van der Waals surface area contributed by atoms with Gasteiger partial charge in [-0.1, -0.05) is 13.7 Å². The molecule has 0 fully saturated rings. The maximum Gasteiger partial charge on any atom is 3.00 e. The van der Waals surface area contributed by atoms with Crippen molar-refractivity contribution in [2.75, 3.05) is 0 Å². The zero-order valence-corrected chi connectivity index (χ0v) is 18.7. The summed E-state index contributed by atoms with van der Waals surface area (Å²) in [5, 5.41) is -1.64. The minimum absolute atomic E-state index is 0. The Morgan fingerprint density at radius 1 is 0.500 bits per heavy atom. The molecule has 0 spiro atoms. The Labute approximate surface area is 147 Å². The molecule has 6 nitrogen and oxygen atoms in total. The molecule has 0 amide bonds. The topological polar surface area (TPSA) is 120 Å². The molecule has 0 bridgehead atoms. The van der Waals surface area contributed by atoms with Gasteiger partial charge in [0.2, 0.25) is 0 Å². The quantitative estimate of drug-likeness (QED) is 0.464. The normalized spacial score (nSPS) is 13.4. The van der Waals surface area contributed by atoms with Crippen molar-refractivity contribution in [1.29, 1.82) is 0 Å². The summed E-state index contributed by atoms with van der Waals surface area (Å²) in [6, 6.07) is 0. The molecule has 0 aliphatic heterocycles. The fourth-order valence-electron chi connectivity index (χ4n) is 0. The minimum atomic E-state index is -2.24. The standard InChI is InChI=1S/3C4H9O2P.Al/c3*1-4(2,3)7(5)6;/h3*1-3H3;/q;;;+3. The van der Waals surface area contributed by atoms with Crippen LogP contribution in [-0.2, 0) is 13.7 Å². The van der Waals surface area contributed by atoms with Crippen molar-refractivity contribution in [3.63, 3.8) is 0 Å². The van der Waals surface area contributed by atoms with Gasteiger partial charge in [0, 0.05) is 0 Å². The first kappa shape index (κ1) is 30.6. The Kier molecular flexibility index (Phi) is 16.9. The Morgan fingerprint density at radius 2 is 0.545 bits per heavy atom. The summed E-state index contributed by atoms with van der Waals surface area (Å²) in [6.07, 6.45) is 0. The van der Waals surface area contributed by atoms with Gasteiger partial charge in [-0.3, -0.25) is 0 Å². The van der Waals surface area contributed by atoms with E-state index in [0.717, 1.165) is 0 Å². The smallest absolute Gasteiger partial charge is 0.595 e. The molecule has 22 heavy (non-hydrogen) atoms. The first-order valence-electron chi connectivity index (χ1n) is 6.27. The number of hydrogen-bond acceptors (Lipinski definition) is 6.